The Balaban J connectivity index is 1.16. The molecule has 0 amide bonds. The summed E-state index contributed by atoms with van der Waals surface area (Å²) >= 11 is 0. The van der Waals surface area contributed by atoms with Gasteiger partial charge >= 0.3 is 0 Å². The van der Waals surface area contributed by atoms with Gasteiger partial charge in [-0.2, -0.15) is 0 Å². The van der Waals surface area contributed by atoms with Crippen LogP contribution in [0.3, 0.4) is 0 Å². The van der Waals surface area contributed by atoms with Gasteiger partial charge in [-0.3, -0.25) is 0 Å². The second-order valence-corrected chi connectivity index (χ2v) is 14.4. The topological polar surface area (TPSA) is 42.7 Å². The van der Waals surface area contributed by atoms with Crippen LogP contribution >= 0.6 is 0 Å². The highest BCUT2D eigenvalue weighted by molar-refractivity contribution is 7.01. The molecule has 0 unspecified atom stereocenters. The summed E-state index contributed by atoms with van der Waals surface area (Å²) in [6, 6.07) is 56.4. The highest BCUT2D eigenvalue weighted by Crippen LogP contribution is 2.47. The number of hydrogen-bond acceptors (Lipinski definition) is 4. The van der Waals surface area contributed by atoms with E-state index in [1.165, 1.54) is 27.5 Å². The van der Waals surface area contributed by atoms with E-state index in [-0.39, 0.29) is 6.71 Å². The van der Waals surface area contributed by atoms with E-state index < -0.39 is 0 Å². The lowest BCUT2D eigenvalue weighted by molar-refractivity contribution is 0.668. The Bertz CT molecular complexity index is 3380. The van der Waals surface area contributed by atoms with Gasteiger partial charge in [-0.25, -0.2) is 0 Å². The Labute approximate surface area is 303 Å². The summed E-state index contributed by atoms with van der Waals surface area (Å²) in [5.74, 6) is 0. The minimum Gasteiger partial charge on any atom is -0.456 e. The monoisotopic (exact) mass is 675 g/mol. The summed E-state index contributed by atoms with van der Waals surface area (Å²) in [7, 11) is 0. The maximum Gasteiger partial charge on any atom is 0.248 e. The highest BCUT2D eigenvalue weighted by atomic mass is 16.3. The van der Waals surface area contributed by atoms with Crippen LogP contribution in [0.4, 0.5) is 17.1 Å². The molecule has 53 heavy (non-hydrogen) atoms. The normalized spacial score (nSPS) is 13.2. The van der Waals surface area contributed by atoms with Gasteiger partial charge in [0, 0.05) is 61.5 Å². The molecule has 0 fully saturated rings. The Hall–Kier alpha value is -6.98. The third-order valence-electron chi connectivity index (χ3n) is 11.7. The molecular weight excluding hydrogens is 649 g/mol. The van der Waals surface area contributed by atoms with E-state index in [0.717, 1.165) is 94.0 Å². The summed E-state index contributed by atoms with van der Waals surface area (Å²) in [6.45, 7) is 0.0649. The zero-order chi connectivity index (χ0) is 34.4. The van der Waals surface area contributed by atoms with Crippen LogP contribution in [0.1, 0.15) is 0 Å². The summed E-state index contributed by atoms with van der Waals surface area (Å²) in [6.07, 6.45) is 0. The lowest BCUT2D eigenvalue weighted by Crippen LogP contribution is -2.54. The number of para-hydroxylation sites is 3. The van der Waals surface area contributed by atoms with Crippen molar-refractivity contribution in [1.82, 2.24) is 0 Å². The van der Waals surface area contributed by atoms with Gasteiger partial charge in [0.15, 0.2) is 0 Å². The molecule has 0 bridgehead atoms. The Morgan fingerprint density at radius 3 is 1.83 bits per heavy atom. The second kappa shape index (κ2) is 9.87. The maximum atomic E-state index is 6.57. The molecule has 0 N–H and O–H groups in total. The van der Waals surface area contributed by atoms with Crippen LogP contribution in [-0.2, 0) is 0 Å². The van der Waals surface area contributed by atoms with Gasteiger partial charge in [0.2, 0.25) is 6.71 Å². The third-order valence-corrected chi connectivity index (χ3v) is 11.7. The van der Waals surface area contributed by atoms with Gasteiger partial charge < -0.3 is 18.2 Å². The van der Waals surface area contributed by atoms with Gasteiger partial charge in [-0.05, 0) is 81.7 Å². The molecule has 3 aromatic heterocycles. The first kappa shape index (κ1) is 27.7. The molecule has 11 aromatic rings. The summed E-state index contributed by atoms with van der Waals surface area (Å²) in [4.78, 5) is 2.44. The number of furan rings is 3. The van der Waals surface area contributed by atoms with E-state index in [1.54, 1.807) is 0 Å². The van der Waals surface area contributed by atoms with Crippen molar-refractivity contribution in [1.29, 1.82) is 0 Å². The fourth-order valence-corrected chi connectivity index (χ4v) is 9.46. The van der Waals surface area contributed by atoms with Gasteiger partial charge in [0.05, 0.1) is 0 Å². The van der Waals surface area contributed by atoms with Crippen LogP contribution in [0.25, 0.3) is 88.1 Å². The number of rotatable bonds is 2. The van der Waals surface area contributed by atoms with E-state index in [9.17, 15) is 0 Å². The lowest BCUT2D eigenvalue weighted by Gasteiger charge is -2.36. The van der Waals surface area contributed by atoms with Crippen LogP contribution in [0, 0.1) is 0 Å². The van der Waals surface area contributed by atoms with Gasteiger partial charge in [0.25, 0.3) is 0 Å². The fourth-order valence-electron chi connectivity index (χ4n) is 9.46. The molecule has 5 heteroatoms. The zero-order valence-electron chi connectivity index (χ0n) is 28.3. The molecule has 0 atom stereocenters. The van der Waals surface area contributed by atoms with E-state index >= 15 is 0 Å². The smallest absolute Gasteiger partial charge is 0.248 e. The maximum absolute atomic E-state index is 6.57. The van der Waals surface area contributed by atoms with Crippen LogP contribution in [0.2, 0.25) is 0 Å². The van der Waals surface area contributed by atoms with E-state index in [0.29, 0.717) is 0 Å². The zero-order valence-corrected chi connectivity index (χ0v) is 28.3. The van der Waals surface area contributed by atoms with E-state index in [2.05, 4.69) is 138 Å². The Kier molecular flexibility index (Phi) is 5.16. The molecule has 13 rings (SSSR count). The van der Waals surface area contributed by atoms with Crippen molar-refractivity contribution in [2.24, 2.45) is 0 Å². The van der Waals surface area contributed by atoms with Crippen LogP contribution in [0.15, 0.2) is 171 Å². The summed E-state index contributed by atoms with van der Waals surface area (Å²) < 4.78 is 19.5. The minimum atomic E-state index is 0.0649. The average Bonchev–Trinajstić information content (AvgIpc) is 3.96. The van der Waals surface area contributed by atoms with Crippen LogP contribution < -0.4 is 21.3 Å². The SMILES string of the molecule is c1ccc2c(c1)B1c3cc4c(cc3N(c3ccc5c(c3)oc3ccccc35)c3cc(-c5cccc6oc7ccccc7c56)cc-2c31)oc1ccccc14. The average molecular weight is 676 g/mol. The van der Waals surface area contributed by atoms with Crippen molar-refractivity contribution in [3.63, 3.8) is 0 Å². The number of benzene rings is 8. The molecule has 244 valence electrons. The van der Waals surface area contributed by atoms with Gasteiger partial charge in [-0.15, -0.1) is 0 Å². The molecule has 0 spiro atoms. The molecule has 2 aliphatic heterocycles. The van der Waals surface area contributed by atoms with Crippen molar-refractivity contribution < 1.29 is 13.3 Å². The van der Waals surface area contributed by atoms with Crippen LogP contribution in [0.5, 0.6) is 0 Å². The predicted molar refractivity (Wildman–Crippen MR) is 218 cm³/mol. The summed E-state index contributed by atoms with van der Waals surface area (Å²) in [5, 5.41) is 6.75. The first-order chi connectivity index (χ1) is 26.3. The number of anilines is 3. The molecule has 4 nitrogen and oxygen atoms in total. The molecule has 0 saturated heterocycles. The van der Waals surface area contributed by atoms with Crippen molar-refractivity contribution in [2.75, 3.05) is 4.90 Å². The third kappa shape index (κ3) is 3.61. The quantitative estimate of drug-likeness (QED) is 0.171. The van der Waals surface area contributed by atoms with Crippen molar-refractivity contribution in [2.45, 2.75) is 0 Å². The minimum absolute atomic E-state index is 0.0649. The Morgan fingerprint density at radius 1 is 0.377 bits per heavy atom. The largest absolute Gasteiger partial charge is 0.456 e. The highest BCUT2D eigenvalue weighted by Gasteiger charge is 2.43. The molecule has 0 saturated carbocycles. The molecule has 0 radical (unpaired) electrons. The van der Waals surface area contributed by atoms with Crippen molar-refractivity contribution in [3.05, 3.63) is 158 Å². The van der Waals surface area contributed by atoms with Gasteiger partial charge in [0.1, 0.15) is 33.5 Å². The second-order valence-electron chi connectivity index (χ2n) is 14.4. The molecule has 0 aliphatic carbocycles. The molecule has 8 aromatic carbocycles. The van der Waals surface area contributed by atoms with Crippen molar-refractivity contribution in [3.8, 4) is 22.3 Å². The predicted octanol–water partition coefficient (Wildman–Crippen LogP) is 11.3. The molecule has 5 heterocycles. The summed E-state index contributed by atoms with van der Waals surface area (Å²) in [5.41, 5.74) is 17.4. The van der Waals surface area contributed by atoms with Gasteiger partial charge in [-0.1, -0.05) is 103 Å². The van der Waals surface area contributed by atoms with E-state index in [1.807, 2.05) is 24.3 Å². The Morgan fingerprint density at radius 2 is 1.00 bits per heavy atom. The van der Waals surface area contributed by atoms with E-state index in [4.69, 9.17) is 13.3 Å². The molecule has 2 aliphatic rings. The first-order valence-corrected chi connectivity index (χ1v) is 18.1. The molecular formula is C48H26BNO3. The standard InChI is InChI=1S/C48H26BNO3/c1-5-15-37-30(10-1)36-22-27(29-14-9-19-44-47(29)34-13-4-8-18-43(34)51-44)23-40-48(36)49(37)38-25-35-32-12-3-7-17-42(32)53-46(35)26-39(38)50(40)28-20-21-33-31-11-2-6-16-41(31)52-45(33)24-28/h1-26H. The fraction of sp³-hybridized carbons (Fsp3) is 0. The van der Waals surface area contributed by atoms with Crippen molar-refractivity contribution >= 4 is 106 Å². The lowest BCUT2D eigenvalue weighted by atomic mass is 9.37. The number of hydrogen-bond donors (Lipinski definition) is 0. The first-order valence-electron chi connectivity index (χ1n) is 18.1. The van der Waals surface area contributed by atoms with Crippen LogP contribution in [-0.4, -0.2) is 6.71 Å². The number of nitrogens with zero attached hydrogens (tertiary/aromatic N) is 1. The number of fused-ring (bicyclic) bond motifs is 14.